The van der Waals surface area contributed by atoms with Crippen molar-refractivity contribution in [2.75, 3.05) is 11.8 Å². The monoisotopic (exact) mass is 403 g/mol. The molecular formula is C19H21N3O3S2. The minimum Gasteiger partial charge on any atom is -0.496 e. The van der Waals surface area contributed by atoms with Gasteiger partial charge in [0.1, 0.15) is 10.8 Å². The minimum absolute atomic E-state index is 0.129. The van der Waals surface area contributed by atoms with Gasteiger partial charge in [-0.05, 0) is 36.6 Å². The second-order valence-electron chi connectivity index (χ2n) is 6.44. The van der Waals surface area contributed by atoms with Gasteiger partial charge in [0.15, 0.2) is 0 Å². The van der Waals surface area contributed by atoms with E-state index in [2.05, 4.69) is 14.9 Å². The molecule has 0 saturated heterocycles. The largest absolute Gasteiger partial charge is 0.496 e. The van der Waals surface area contributed by atoms with E-state index in [-0.39, 0.29) is 15.9 Å². The van der Waals surface area contributed by atoms with Crippen molar-refractivity contribution < 1.29 is 13.2 Å². The van der Waals surface area contributed by atoms with Crippen LogP contribution in [0.2, 0.25) is 0 Å². The van der Waals surface area contributed by atoms with Crippen molar-refractivity contribution in [2.45, 2.75) is 31.6 Å². The lowest BCUT2D eigenvalue weighted by Crippen LogP contribution is -2.13. The van der Waals surface area contributed by atoms with E-state index in [4.69, 9.17) is 4.74 Å². The van der Waals surface area contributed by atoms with Gasteiger partial charge in [0.2, 0.25) is 5.13 Å². The molecule has 0 saturated carbocycles. The van der Waals surface area contributed by atoms with Crippen molar-refractivity contribution in [1.82, 2.24) is 10.2 Å². The van der Waals surface area contributed by atoms with Crippen LogP contribution < -0.4 is 9.46 Å². The van der Waals surface area contributed by atoms with Crippen LogP contribution in [0.3, 0.4) is 0 Å². The van der Waals surface area contributed by atoms with Gasteiger partial charge in [0.25, 0.3) is 10.0 Å². The Morgan fingerprint density at radius 2 is 1.78 bits per heavy atom. The molecule has 8 heteroatoms. The summed E-state index contributed by atoms with van der Waals surface area (Å²) >= 11 is 1.19. The first-order valence-electron chi connectivity index (χ1n) is 8.41. The molecule has 0 atom stereocenters. The molecule has 1 N–H and O–H groups in total. The van der Waals surface area contributed by atoms with E-state index >= 15 is 0 Å². The van der Waals surface area contributed by atoms with Crippen LogP contribution in [0, 0.1) is 6.92 Å². The second kappa shape index (κ2) is 7.66. The first-order chi connectivity index (χ1) is 12.8. The molecule has 0 amide bonds. The number of hydrogen-bond acceptors (Lipinski definition) is 6. The zero-order valence-corrected chi connectivity index (χ0v) is 17.2. The maximum Gasteiger partial charge on any atom is 0.263 e. The molecule has 0 aliphatic carbocycles. The van der Waals surface area contributed by atoms with Crippen LogP contribution in [0.4, 0.5) is 5.13 Å². The van der Waals surface area contributed by atoms with Crippen molar-refractivity contribution >= 4 is 26.5 Å². The Kier molecular flexibility index (Phi) is 5.48. The average molecular weight is 404 g/mol. The molecule has 2 aromatic carbocycles. The van der Waals surface area contributed by atoms with Crippen molar-refractivity contribution in [3.8, 4) is 16.3 Å². The average Bonchev–Trinajstić information content (AvgIpc) is 3.09. The SMILES string of the molecule is COc1ccc(S(=O)(=O)Nc2nnc(-c3ccc(C)cc3)s2)cc1C(C)C. The summed E-state index contributed by atoms with van der Waals surface area (Å²) in [5.74, 6) is 0.797. The van der Waals surface area contributed by atoms with Crippen molar-refractivity contribution in [3.05, 3.63) is 53.6 Å². The number of hydrogen-bond donors (Lipinski definition) is 1. The molecule has 6 nitrogen and oxygen atoms in total. The van der Waals surface area contributed by atoms with E-state index in [0.717, 1.165) is 16.7 Å². The third-order valence-electron chi connectivity index (χ3n) is 4.08. The maximum absolute atomic E-state index is 12.8. The number of methoxy groups -OCH3 is 1. The van der Waals surface area contributed by atoms with E-state index < -0.39 is 10.0 Å². The standard InChI is InChI=1S/C19H21N3O3S2/c1-12(2)16-11-15(9-10-17(16)25-4)27(23,24)22-19-21-20-18(26-19)14-7-5-13(3)6-8-14/h5-12H,1-4H3,(H,21,22). The highest BCUT2D eigenvalue weighted by Crippen LogP contribution is 2.31. The lowest BCUT2D eigenvalue weighted by Gasteiger charge is -2.13. The molecule has 142 valence electrons. The molecule has 27 heavy (non-hydrogen) atoms. The molecule has 0 aliphatic heterocycles. The number of aromatic nitrogens is 2. The number of sulfonamides is 1. The number of nitrogens with zero attached hydrogens (tertiary/aromatic N) is 2. The first-order valence-corrected chi connectivity index (χ1v) is 10.7. The summed E-state index contributed by atoms with van der Waals surface area (Å²) < 4.78 is 33.3. The lowest BCUT2D eigenvalue weighted by atomic mass is 10.0. The molecule has 3 rings (SSSR count). The number of anilines is 1. The summed E-state index contributed by atoms with van der Waals surface area (Å²) in [6, 6.07) is 12.7. The van der Waals surface area contributed by atoms with Crippen LogP contribution in [0.25, 0.3) is 10.6 Å². The zero-order valence-electron chi connectivity index (χ0n) is 15.6. The van der Waals surface area contributed by atoms with Crippen molar-refractivity contribution in [2.24, 2.45) is 0 Å². The van der Waals surface area contributed by atoms with Crippen LogP contribution in [-0.2, 0) is 10.0 Å². The zero-order chi connectivity index (χ0) is 19.6. The Hall–Kier alpha value is -2.45. The van der Waals surface area contributed by atoms with Crippen LogP contribution in [0.15, 0.2) is 47.4 Å². The van der Waals surface area contributed by atoms with E-state index in [1.807, 2.05) is 45.0 Å². The number of rotatable bonds is 6. The van der Waals surface area contributed by atoms with Crippen LogP contribution in [0.1, 0.15) is 30.9 Å². The summed E-state index contributed by atoms with van der Waals surface area (Å²) in [6.07, 6.45) is 0. The second-order valence-corrected chi connectivity index (χ2v) is 9.10. The molecule has 3 aromatic rings. The number of aryl methyl sites for hydroxylation is 1. The molecule has 1 heterocycles. The molecule has 0 bridgehead atoms. The van der Waals surface area contributed by atoms with E-state index in [9.17, 15) is 8.42 Å². The third-order valence-corrected chi connectivity index (χ3v) is 6.43. The van der Waals surface area contributed by atoms with E-state index in [0.29, 0.717) is 10.8 Å². The molecule has 0 unspecified atom stereocenters. The van der Waals surface area contributed by atoms with Gasteiger partial charge in [-0.25, -0.2) is 8.42 Å². The van der Waals surface area contributed by atoms with Crippen LogP contribution >= 0.6 is 11.3 Å². The van der Waals surface area contributed by atoms with Gasteiger partial charge >= 0.3 is 0 Å². The highest BCUT2D eigenvalue weighted by Gasteiger charge is 2.20. The highest BCUT2D eigenvalue weighted by atomic mass is 32.2. The third kappa shape index (κ3) is 4.28. The normalized spacial score (nSPS) is 11.6. The Morgan fingerprint density at radius 1 is 1.07 bits per heavy atom. The Labute approximate surface area is 163 Å². The molecule has 1 aromatic heterocycles. The van der Waals surface area contributed by atoms with Crippen molar-refractivity contribution in [3.63, 3.8) is 0 Å². The fraction of sp³-hybridized carbons (Fsp3) is 0.263. The Bertz CT molecular complexity index is 1040. The van der Waals surface area contributed by atoms with E-state index in [1.54, 1.807) is 19.2 Å². The molecular weight excluding hydrogens is 382 g/mol. The van der Waals surface area contributed by atoms with Gasteiger partial charge in [-0.2, -0.15) is 0 Å². The Morgan fingerprint density at radius 3 is 2.41 bits per heavy atom. The van der Waals surface area contributed by atoms with Gasteiger partial charge in [-0.3, -0.25) is 4.72 Å². The molecule has 0 radical (unpaired) electrons. The summed E-state index contributed by atoms with van der Waals surface area (Å²) in [6.45, 7) is 5.98. The minimum atomic E-state index is -3.77. The highest BCUT2D eigenvalue weighted by molar-refractivity contribution is 7.93. The predicted octanol–water partition coefficient (Wildman–Crippen LogP) is 4.45. The predicted molar refractivity (Wildman–Crippen MR) is 108 cm³/mol. The quantitative estimate of drug-likeness (QED) is 0.658. The van der Waals surface area contributed by atoms with Gasteiger partial charge < -0.3 is 4.74 Å². The van der Waals surface area contributed by atoms with Crippen LogP contribution in [-0.4, -0.2) is 25.7 Å². The summed E-state index contributed by atoms with van der Waals surface area (Å²) in [5.41, 5.74) is 2.87. The smallest absolute Gasteiger partial charge is 0.263 e. The van der Waals surface area contributed by atoms with Gasteiger partial charge in [-0.15, -0.1) is 10.2 Å². The van der Waals surface area contributed by atoms with Gasteiger partial charge in [-0.1, -0.05) is 55.0 Å². The maximum atomic E-state index is 12.8. The summed E-state index contributed by atoms with van der Waals surface area (Å²) in [5, 5.41) is 8.95. The summed E-state index contributed by atoms with van der Waals surface area (Å²) in [7, 11) is -2.20. The Balaban J connectivity index is 1.87. The molecule has 0 spiro atoms. The fourth-order valence-corrected chi connectivity index (χ4v) is 4.60. The fourth-order valence-electron chi connectivity index (χ4n) is 2.58. The molecule has 0 aliphatic rings. The topological polar surface area (TPSA) is 81.2 Å². The van der Waals surface area contributed by atoms with E-state index in [1.165, 1.54) is 17.4 Å². The number of nitrogens with one attached hydrogen (secondary N) is 1. The number of benzene rings is 2. The molecule has 0 fully saturated rings. The number of ether oxygens (including phenoxy) is 1. The first kappa shape index (κ1) is 19.3. The van der Waals surface area contributed by atoms with Crippen LogP contribution in [0.5, 0.6) is 5.75 Å². The van der Waals surface area contributed by atoms with Gasteiger partial charge in [0, 0.05) is 5.56 Å². The van der Waals surface area contributed by atoms with Crippen molar-refractivity contribution in [1.29, 1.82) is 0 Å². The summed E-state index contributed by atoms with van der Waals surface area (Å²) in [4.78, 5) is 0.166. The lowest BCUT2D eigenvalue weighted by molar-refractivity contribution is 0.407. The van der Waals surface area contributed by atoms with Gasteiger partial charge in [0.05, 0.1) is 12.0 Å².